The van der Waals surface area contributed by atoms with Crippen molar-refractivity contribution in [2.75, 3.05) is 6.61 Å². The van der Waals surface area contributed by atoms with Crippen LogP contribution in [0.25, 0.3) is 33.2 Å². The molecule has 0 saturated heterocycles. The molecule has 2 aromatic heterocycles. The normalized spacial score (nSPS) is 15.8. The third kappa shape index (κ3) is 4.50. The highest BCUT2D eigenvalue weighted by Gasteiger charge is 2.39. The first-order chi connectivity index (χ1) is 18.7. The minimum absolute atomic E-state index is 0.0190. The number of nitrogens with zero attached hydrogens (tertiary/aromatic N) is 4. The highest BCUT2D eigenvalue weighted by atomic mass is 35.5. The van der Waals surface area contributed by atoms with Crippen LogP contribution in [0.2, 0.25) is 5.02 Å². The highest BCUT2D eigenvalue weighted by molar-refractivity contribution is 6.31. The predicted molar refractivity (Wildman–Crippen MR) is 143 cm³/mol. The number of nitriles is 1. The highest BCUT2D eigenvalue weighted by Crippen LogP contribution is 2.44. The second-order valence-electron chi connectivity index (χ2n) is 10.1. The molecule has 0 spiro atoms. The minimum atomic E-state index is -0.766. The monoisotopic (exact) mass is 549 g/mol. The van der Waals surface area contributed by atoms with Gasteiger partial charge in [-0.15, -0.1) is 0 Å². The van der Waals surface area contributed by atoms with Crippen molar-refractivity contribution in [3.63, 3.8) is 0 Å². The zero-order valence-corrected chi connectivity index (χ0v) is 21.8. The quantitative estimate of drug-likeness (QED) is 0.301. The summed E-state index contributed by atoms with van der Waals surface area (Å²) in [6, 6.07) is 6.84. The number of aromatic amines is 1. The number of aromatic nitrogens is 4. The average Bonchev–Trinajstić information content (AvgIpc) is 3.85. The maximum atomic E-state index is 15.7. The lowest BCUT2D eigenvalue weighted by Gasteiger charge is -2.17. The number of nitrogens with two attached hydrogens (primary N) is 2. The molecule has 39 heavy (non-hydrogen) atoms. The van der Waals surface area contributed by atoms with Gasteiger partial charge in [-0.05, 0) is 43.4 Å². The number of fused-ring (bicyclic) bond motifs is 1. The first kappa shape index (κ1) is 25.3. The molecule has 2 aliphatic carbocycles. The van der Waals surface area contributed by atoms with Crippen molar-refractivity contribution in [3.05, 3.63) is 56.8 Å². The number of ether oxygens (including phenoxy) is 2. The molecule has 0 unspecified atom stereocenters. The fraction of sp³-hybridized carbons (Fsp3) is 0.333. The molecule has 0 bridgehead atoms. The van der Waals surface area contributed by atoms with E-state index in [1.807, 2.05) is 0 Å². The van der Waals surface area contributed by atoms with Crippen LogP contribution < -0.4 is 26.5 Å². The molecule has 2 aromatic carbocycles. The summed E-state index contributed by atoms with van der Waals surface area (Å²) in [4.78, 5) is 12.8. The van der Waals surface area contributed by atoms with Crippen LogP contribution in [0.4, 0.5) is 4.39 Å². The third-order valence-electron chi connectivity index (χ3n) is 7.13. The van der Waals surface area contributed by atoms with Crippen LogP contribution in [0.1, 0.15) is 36.9 Å². The number of benzene rings is 2. The molecular weight excluding hydrogens is 525 g/mol. The third-order valence-corrected chi connectivity index (χ3v) is 7.41. The predicted octanol–water partition coefficient (Wildman–Crippen LogP) is 3.52. The van der Waals surface area contributed by atoms with Crippen LogP contribution >= 0.6 is 11.6 Å². The van der Waals surface area contributed by atoms with E-state index in [-0.39, 0.29) is 52.3 Å². The molecule has 2 aliphatic rings. The summed E-state index contributed by atoms with van der Waals surface area (Å²) >= 11 is 6.28. The maximum absolute atomic E-state index is 15.7. The van der Waals surface area contributed by atoms with Gasteiger partial charge in [0.05, 0.1) is 45.2 Å². The number of halogens is 2. The Morgan fingerprint density at radius 2 is 2.08 bits per heavy atom. The van der Waals surface area contributed by atoms with Gasteiger partial charge < -0.3 is 20.9 Å². The van der Waals surface area contributed by atoms with Crippen molar-refractivity contribution in [3.8, 4) is 40.0 Å². The van der Waals surface area contributed by atoms with E-state index < -0.39 is 16.9 Å². The van der Waals surface area contributed by atoms with Crippen LogP contribution in [0.15, 0.2) is 29.2 Å². The molecule has 200 valence electrons. The summed E-state index contributed by atoms with van der Waals surface area (Å²) in [7, 11) is 1.64. The van der Waals surface area contributed by atoms with Crippen LogP contribution in [-0.4, -0.2) is 38.2 Å². The van der Waals surface area contributed by atoms with Gasteiger partial charge in [0.2, 0.25) is 0 Å². The van der Waals surface area contributed by atoms with Crippen LogP contribution in [-0.2, 0) is 13.6 Å². The van der Waals surface area contributed by atoms with Gasteiger partial charge in [-0.1, -0.05) is 11.6 Å². The lowest BCUT2D eigenvalue weighted by atomic mass is 9.95. The minimum Gasteiger partial charge on any atom is -0.491 e. The van der Waals surface area contributed by atoms with E-state index in [1.54, 1.807) is 25.4 Å². The average molecular weight is 550 g/mol. The van der Waals surface area contributed by atoms with Crippen molar-refractivity contribution >= 4 is 22.4 Å². The molecule has 2 fully saturated rings. The van der Waals surface area contributed by atoms with Crippen molar-refractivity contribution in [1.82, 2.24) is 20.0 Å². The fourth-order valence-corrected chi connectivity index (χ4v) is 4.80. The van der Waals surface area contributed by atoms with Crippen LogP contribution in [0, 0.1) is 17.1 Å². The molecule has 0 amide bonds. The molecule has 0 atom stereocenters. The van der Waals surface area contributed by atoms with Gasteiger partial charge in [0.25, 0.3) is 5.56 Å². The van der Waals surface area contributed by atoms with Crippen molar-refractivity contribution < 1.29 is 13.9 Å². The molecule has 4 aromatic rings. The van der Waals surface area contributed by atoms with Gasteiger partial charge in [-0.3, -0.25) is 9.48 Å². The lowest BCUT2D eigenvalue weighted by molar-refractivity contribution is 0.282. The van der Waals surface area contributed by atoms with Crippen LogP contribution in [0.3, 0.4) is 0 Å². The van der Waals surface area contributed by atoms with E-state index in [1.165, 1.54) is 10.7 Å². The first-order valence-electron chi connectivity index (χ1n) is 12.5. The van der Waals surface area contributed by atoms with Crippen molar-refractivity contribution in [2.24, 2.45) is 18.5 Å². The second kappa shape index (κ2) is 9.34. The molecular formula is C27H25ClFN7O3. The number of hydrogen-bond acceptors (Lipinski definition) is 8. The standard InChI is InChI=1S/C27H25ClFN7O3/c1-36-25(23-16(9-30)20(39-14-2-3-14)8-18(28)24(23)29)17(11-33-36)13-6-15-19(10-31)34-35-26(37)22(15)21(7-13)38-12-27(32)4-5-27/h6-8,11,14H,2-5,10,12,31-32H2,1H3,(H,35,37). The number of aryl methyl sites for hydroxylation is 1. The molecule has 5 N–H and O–H groups in total. The topological polar surface area (TPSA) is 158 Å². The number of hydrogen-bond donors (Lipinski definition) is 3. The van der Waals surface area contributed by atoms with Gasteiger partial charge in [0.15, 0.2) is 5.82 Å². The molecule has 6 rings (SSSR count). The van der Waals surface area contributed by atoms with Crippen molar-refractivity contribution in [2.45, 2.75) is 43.9 Å². The Kier molecular flexibility index (Phi) is 6.06. The van der Waals surface area contributed by atoms with E-state index in [0.29, 0.717) is 27.9 Å². The zero-order valence-electron chi connectivity index (χ0n) is 21.1. The largest absolute Gasteiger partial charge is 0.491 e. The van der Waals surface area contributed by atoms with E-state index in [4.69, 9.17) is 32.5 Å². The Morgan fingerprint density at radius 1 is 1.31 bits per heavy atom. The Bertz CT molecular complexity index is 1730. The molecule has 0 radical (unpaired) electrons. The summed E-state index contributed by atoms with van der Waals surface area (Å²) in [6.45, 7) is 0.273. The Hall–Kier alpha value is -3.98. The summed E-state index contributed by atoms with van der Waals surface area (Å²) in [5, 5.41) is 21.6. The van der Waals surface area contributed by atoms with Crippen molar-refractivity contribution in [1.29, 1.82) is 5.26 Å². The van der Waals surface area contributed by atoms with Gasteiger partial charge >= 0.3 is 0 Å². The Labute approximate surface area is 227 Å². The molecule has 12 heteroatoms. The van der Waals surface area contributed by atoms with E-state index in [0.717, 1.165) is 25.7 Å². The Balaban J connectivity index is 1.58. The zero-order chi connectivity index (χ0) is 27.5. The van der Waals surface area contributed by atoms with Gasteiger partial charge in [0, 0.05) is 30.6 Å². The smallest absolute Gasteiger partial charge is 0.275 e. The molecule has 10 nitrogen and oxygen atoms in total. The summed E-state index contributed by atoms with van der Waals surface area (Å²) in [6.07, 6.45) is 4.87. The summed E-state index contributed by atoms with van der Waals surface area (Å²) in [5.41, 5.74) is 13.1. The Morgan fingerprint density at radius 3 is 2.74 bits per heavy atom. The van der Waals surface area contributed by atoms with Gasteiger partial charge in [-0.2, -0.15) is 15.5 Å². The first-order valence-corrected chi connectivity index (χ1v) is 12.9. The molecule has 2 saturated carbocycles. The van der Waals surface area contributed by atoms with E-state index in [2.05, 4.69) is 21.4 Å². The molecule has 0 aliphatic heterocycles. The summed E-state index contributed by atoms with van der Waals surface area (Å²) < 4.78 is 29.2. The van der Waals surface area contributed by atoms with Gasteiger partial charge in [-0.25, -0.2) is 9.49 Å². The summed E-state index contributed by atoms with van der Waals surface area (Å²) in [5.74, 6) is -0.259. The molecule has 2 heterocycles. The van der Waals surface area contributed by atoms with E-state index in [9.17, 15) is 10.1 Å². The maximum Gasteiger partial charge on any atom is 0.275 e. The van der Waals surface area contributed by atoms with Gasteiger partial charge in [0.1, 0.15) is 29.7 Å². The SMILES string of the molecule is Cn1ncc(-c2cc(OCC3(N)CC3)c3c(=O)[nH]nc(CN)c3c2)c1-c1c(F)c(Cl)cc(OC2CC2)c1C#N. The fourth-order valence-electron chi connectivity index (χ4n) is 4.60. The number of rotatable bonds is 8. The second-order valence-corrected chi connectivity index (χ2v) is 10.5. The number of nitrogens with one attached hydrogen (secondary N) is 1. The number of H-pyrrole nitrogens is 1. The lowest BCUT2D eigenvalue weighted by Crippen LogP contribution is -2.30. The van der Waals surface area contributed by atoms with Crippen LogP contribution in [0.5, 0.6) is 11.5 Å². The van der Waals surface area contributed by atoms with E-state index >= 15 is 4.39 Å².